The third-order valence-electron chi connectivity index (χ3n) is 2.61. The highest BCUT2D eigenvalue weighted by atomic mass is 32.2. The summed E-state index contributed by atoms with van der Waals surface area (Å²) in [6.45, 7) is 1.78. The zero-order valence-electron chi connectivity index (χ0n) is 11.1. The van der Waals surface area contributed by atoms with E-state index < -0.39 is 0 Å². The lowest BCUT2D eigenvalue weighted by Crippen LogP contribution is -2.08. The van der Waals surface area contributed by atoms with Gasteiger partial charge in [0, 0.05) is 17.5 Å². The SMILES string of the molecule is COc1ccc(CSc2nc(C)cc(=O)[nH]2)cc1C#N. The highest BCUT2D eigenvalue weighted by Crippen LogP contribution is 2.23. The molecule has 2 aromatic rings. The lowest BCUT2D eigenvalue weighted by molar-refractivity contribution is 0.413. The Balaban J connectivity index is 2.15. The van der Waals surface area contributed by atoms with Gasteiger partial charge in [0.15, 0.2) is 5.16 Å². The molecule has 1 aromatic carbocycles. The molecule has 0 radical (unpaired) electrons. The van der Waals surface area contributed by atoms with E-state index in [0.29, 0.717) is 27.9 Å². The first-order valence-corrected chi connectivity index (χ1v) is 6.88. The molecular formula is C14H13N3O2S. The highest BCUT2D eigenvalue weighted by Gasteiger charge is 2.05. The molecular weight excluding hydrogens is 274 g/mol. The van der Waals surface area contributed by atoms with E-state index in [1.807, 2.05) is 6.07 Å². The van der Waals surface area contributed by atoms with Crippen molar-refractivity contribution in [2.45, 2.75) is 17.8 Å². The van der Waals surface area contributed by atoms with Gasteiger partial charge in [0.1, 0.15) is 11.8 Å². The molecule has 0 spiro atoms. The number of aryl methyl sites for hydroxylation is 1. The van der Waals surface area contributed by atoms with Crippen LogP contribution in [0.25, 0.3) is 0 Å². The van der Waals surface area contributed by atoms with Gasteiger partial charge in [-0.15, -0.1) is 0 Å². The van der Waals surface area contributed by atoms with Gasteiger partial charge in [-0.1, -0.05) is 17.8 Å². The number of hydrogen-bond donors (Lipinski definition) is 1. The van der Waals surface area contributed by atoms with E-state index >= 15 is 0 Å². The van der Waals surface area contributed by atoms with Crippen LogP contribution in [0.3, 0.4) is 0 Å². The van der Waals surface area contributed by atoms with Crippen molar-refractivity contribution in [1.82, 2.24) is 9.97 Å². The number of aromatic amines is 1. The van der Waals surface area contributed by atoms with Gasteiger partial charge in [0.05, 0.1) is 12.7 Å². The minimum Gasteiger partial charge on any atom is -0.495 e. The summed E-state index contributed by atoms with van der Waals surface area (Å²) in [5, 5.41) is 9.61. The molecule has 0 amide bonds. The molecule has 6 heteroatoms. The molecule has 0 unspecified atom stereocenters. The third kappa shape index (κ3) is 3.39. The van der Waals surface area contributed by atoms with Crippen molar-refractivity contribution >= 4 is 11.8 Å². The summed E-state index contributed by atoms with van der Waals surface area (Å²) in [5.41, 5.74) is 1.99. The van der Waals surface area contributed by atoms with Crippen LogP contribution in [0, 0.1) is 18.3 Å². The minimum atomic E-state index is -0.160. The molecule has 1 aromatic heterocycles. The number of nitriles is 1. The number of benzene rings is 1. The Labute approximate surface area is 120 Å². The van der Waals surface area contributed by atoms with Crippen LogP contribution in [-0.4, -0.2) is 17.1 Å². The molecule has 1 N–H and O–H groups in total. The zero-order chi connectivity index (χ0) is 14.5. The molecule has 0 fully saturated rings. The van der Waals surface area contributed by atoms with Gasteiger partial charge in [-0.05, 0) is 24.6 Å². The van der Waals surface area contributed by atoms with E-state index in [2.05, 4.69) is 16.0 Å². The van der Waals surface area contributed by atoms with Gasteiger partial charge in [-0.2, -0.15) is 5.26 Å². The number of ether oxygens (including phenoxy) is 1. The van der Waals surface area contributed by atoms with E-state index in [-0.39, 0.29) is 5.56 Å². The maximum absolute atomic E-state index is 11.3. The molecule has 102 valence electrons. The topological polar surface area (TPSA) is 78.8 Å². The second-order valence-corrected chi connectivity index (χ2v) is 5.09. The van der Waals surface area contributed by atoms with Crippen molar-refractivity contribution in [3.05, 3.63) is 51.4 Å². The van der Waals surface area contributed by atoms with E-state index in [0.717, 1.165) is 5.56 Å². The molecule has 2 rings (SSSR count). The first-order chi connectivity index (χ1) is 9.62. The van der Waals surface area contributed by atoms with Crippen LogP contribution in [-0.2, 0) is 5.75 Å². The van der Waals surface area contributed by atoms with Crippen molar-refractivity contribution in [1.29, 1.82) is 5.26 Å². The first-order valence-electron chi connectivity index (χ1n) is 5.90. The smallest absolute Gasteiger partial charge is 0.251 e. The molecule has 20 heavy (non-hydrogen) atoms. The first kappa shape index (κ1) is 14.2. The Bertz CT molecular complexity index is 719. The Kier molecular flexibility index (Phi) is 4.43. The maximum atomic E-state index is 11.3. The van der Waals surface area contributed by atoms with Gasteiger partial charge in [0.25, 0.3) is 5.56 Å². The zero-order valence-corrected chi connectivity index (χ0v) is 12.0. The van der Waals surface area contributed by atoms with Crippen LogP contribution in [0.4, 0.5) is 0 Å². The summed E-state index contributed by atoms with van der Waals surface area (Å²) < 4.78 is 5.10. The third-order valence-corrected chi connectivity index (χ3v) is 3.55. The number of H-pyrrole nitrogens is 1. The average molecular weight is 287 g/mol. The number of nitrogens with one attached hydrogen (secondary N) is 1. The molecule has 0 bridgehead atoms. The number of methoxy groups -OCH3 is 1. The predicted octanol–water partition coefficient (Wildman–Crippen LogP) is 2.25. The molecule has 0 aliphatic carbocycles. The number of rotatable bonds is 4. The average Bonchev–Trinajstić information content (AvgIpc) is 2.43. The number of thioether (sulfide) groups is 1. The quantitative estimate of drug-likeness (QED) is 0.689. The Morgan fingerprint density at radius 1 is 1.45 bits per heavy atom. The van der Waals surface area contributed by atoms with E-state index in [9.17, 15) is 4.79 Å². The van der Waals surface area contributed by atoms with Crippen molar-refractivity contribution in [2.75, 3.05) is 7.11 Å². The van der Waals surface area contributed by atoms with Gasteiger partial charge >= 0.3 is 0 Å². The van der Waals surface area contributed by atoms with Crippen molar-refractivity contribution in [3.8, 4) is 11.8 Å². The summed E-state index contributed by atoms with van der Waals surface area (Å²) in [4.78, 5) is 18.3. The fourth-order valence-electron chi connectivity index (χ4n) is 1.70. The summed E-state index contributed by atoms with van der Waals surface area (Å²) in [6, 6.07) is 8.98. The van der Waals surface area contributed by atoms with Crippen molar-refractivity contribution in [3.63, 3.8) is 0 Å². The number of aromatic nitrogens is 2. The molecule has 0 aliphatic rings. The maximum Gasteiger partial charge on any atom is 0.251 e. The van der Waals surface area contributed by atoms with Gasteiger partial charge in [-0.25, -0.2) is 4.98 Å². The highest BCUT2D eigenvalue weighted by molar-refractivity contribution is 7.98. The van der Waals surface area contributed by atoms with Crippen LogP contribution in [0.5, 0.6) is 5.75 Å². The predicted molar refractivity (Wildman–Crippen MR) is 76.9 cm³/mol. The Morgan fingerprint density at radius 3 is 2.90 bits per heavy atom. The standard InChI is InChI=1S/C14H13N3O2S/c1-9-5-13(18)17-14(16-9)20-8-10-3-4-12(19-2)11(6-10)7-15/h3-6H,8H2,1-2H3,(H,16,17,18). The van der Waals surface area contributed by atoms with E-state index in [1.165, 1.54) is 24.9 Å². The van der Waals surface area contributed by atoms with Crippen LogP contribution < -0.4 is 10.3 Å². The molecule has 0 saturated heterocycles. The molecule has 0 aliphatic heterocycles. The number of hydrogen-bond acceptors (Lipinski definition) is 5. The normalized spacial score (nSPS) is 10.1. The molecule has 5 nitrogen and oxygen atoms in total. The van der Waals surface area contributed by atoms with Gasteiger partial charge in [-0.3, -0.25) is 4.79 Å². The number of nitrogens with zero attached hydrogens (tertiary/aromatic N) is 2. The summed E-state index contributed by atoms with van der Waals surface area (Å²) in [7, 11) is 1.53. The monoisotopic (exact) mass is 287 g/mol. The van der Waals surface area contributed by atoms with Crippen molar-refractivity contribution < 1.29 is 4.74 Å². The summed E-state index contributed by atoms with van der Waals surface area (Å²) >= 11 is 1.42. The van der Waals surface area contributed by atoms with Crippen molar-refractivity contribution in [2.24, 2.45) is 0 Å². The Hall–Kier alpha value is -2.26. The molecule has 0 saturated carbocycles. The van der Waals surface area contributed by atoms with Crippen LogP contribution >= 0.6 is 11.8 Å². The second-order valence-electron chi connectivity index (χ2n) is 4.13. The lowest BCUT2D eigenvalue weighted by atomic mass is 10.1. The van der Waals surface area contributed by atoms with E-state index in [4.69, 9.17) is 10.00 Å². The molecule has 1 heterocycles. The largest absolute Gasteiger partial charge is 0.495 e. The van der Waals surface area contributed by atoms with Crippen LogP contribution in [0.1, 0.15) is 16.8 Å². The Morgan fingerprint density at radius 2 is 2.25 bits per heavy atom. The fourth-order valence-corrected chi connectivity index (χ4v) is 2.57. The van der Waals surface area contributed by atoms with E-state index in [1.54, 1.807) is 19.1 Å². The van der Waals surface area contributed by atoms with Crippen LogP contribution in [0.2, 0.25) is 0 Å². The fraction of sp³-hybridized carbons (Fsp3) is 0.214. The van der Waals surface area contributed by atoms with Crippen LogP contribution in [0.15, 0.2) is 34.2 Å². The summed E-state index contributed by atoms with van der Waals surface area (Å²) in [5.74, 6) is 1.17. The summed E-state index contributed by atoms with van der Waals surface area (Å²) in [6.07, 6.45) is 0. The minimum absolute atomic E-state index is 0.160. The second kappa shape index (κ2) is 6.26. The van der Waals surface area contributed by atoms with Gasteiger partial charge < -0.3 is 9.72 Å². The lowest BCUT2D eigenvalue weighted by Gasteiger charge is -2.06. The van der Waals surface area contributed by atoms with Gasteiger partial charge in [0.2, 0.25) is 0 Å². The molecule has 0 atom stereocenters.